The minimum Gasteiger partial charge on any atom is -0.414 e. The third-order valence-corrected chi connectivity index (χ3v) is 18.8. The van der Waals surface area contributed by atoms with Gasteiger partial charge in [0.25, 0.3) is 10.1 Å². The van der Waals surface area contributed by atoms with Crippen molar-refractivity contribution in [2.75, 3.05) is 12.5 Å². The van der Waals surface area contributed by atoms with Crippen LogP contribution in [0.2, 0.25) is 36.3 Å². The van der Waals surface area contributed by atoms with E-state index in [2.05, 4.69) is 78.0 Å². The molecule has 3 heterocycles. The lowest BCUT2D eigenvalue weighted by atomic mass is 9.89. The Kier molecular flexibility index (Phi) is 8.80. The van der Waals surface area contributed by atoms with Crippen LogP contribution in [0.1, 0.15) is 59.9 Å². The maximum absolute atomic E-state index is 12.9. The molecule has 4 atom stereocenters. The van der Waals surface area contributed by atoms with E-state index in [1.165, 1.54) is 0 Å². The minimum absolute atomic E-state index is 0.0370. The summed E-state index contributed by atoms with van der Waals surface area (Å²) in [5.41, 5.74) is 5.74. The molecule has 0 bridgehead atoms. The van der Waals surface area contributed by atoms with Crippen LogP contribution in [0.5, 0.6) is 0 Å². The highest BCUT2D eigenvalue weighted by atomic mass is 35.5. The summed E-state index contributed by atoms with van der Waals surface area (Å²) >= 11 is 5.97. The maximum atomic E-state index is 12.9. The molecule has 1 fully saturated rings. The first kappa shape index (κ1) is 31.7. The molecule has 1 aromatic heterocycles. The molecule has 0 amide bonds. The molecule has 218 valence electrons. The molecular formula is C24H45ClN4O6SSi2. The summed E-state index contributed by atoms with van der Waals surface area (Å²) in [6, 6.07) is 0. The summed E-state index contributed by atoms with van der Waals surface area (Å²) in [5.74, 6) is 0.477. The average Bonchev–Trinajstić information content (AvgIpc) is 3.38. The number of nitrogens with two attached hydrogens (primary N) is 1. The van der Waals surface area contributed by atoms with E-state index in [0.717, 1.165) is 11.1 Å². The van der Waals surface area contributed by atoms with Crippen molar-refractivity contribution in [1.29, 1.82) is 0 Å². The van der Waals surface area contributed by atoms with Crippen molar-refractivity contribution in [3.63, 3.8) is 0 Å². The first-order valence-corrected chi connectivity index (χ1v) is 20.9. The van der Waals surface area contributed by atoms with Crippen molar-refractivity contribution in [2.45, 2.75) is 115 Å². The Bertz CT molecular complexity index is 1150. The predicted octanol–water partition coefficient (Wildman–Crippen LogP) is 4.66. The van der Waals surface area contributed by atoms with Gasteiger partial charge >= 0.3 is 0 Å². The second-order valence-corrected chi connectivity index (χ2v) is 24.6. The predicted molar refractivity (Wildman–Crippen MR) is 153 cm³/mol. The standard InChI is InChI=1S/C24H45ClN4O6SSi2/c1-22(2,3)37(7,8)32-15-19-24(18(26)16-36(30,31)35-24)20(34-38(9,10)23(4,5)6)21(33-19)29-17(12-11-13-25)14-27-28-29/h14,16,19-21H,11-13,15,26H2,1-10H3/t19?,20-,21+,24?/m0/s1. The van der Waals surface area contributed by atoms with E-state index in [1.54, 1.807) is 10.9 Å². The fourth-order valence-corrected chi connectivity index (χ4v) is 7.74. The Labute approximate surface area is 234 Å². The number of nitrogens with zero attached hydrogens (tertiary/aromatic N) is 3. The number of rotatable bonds is 9. The lowest BCUT2D eigenvalue weighted by Gasteiger charge is -2.43. The van der Waals surface area contributed by atoms with Crippen molar-refractivity contribution in [1.82, 2.24) is 15.0 Å². The van der Waals surface area contributed by atoms with E-state index >= 15 is 0 Å². The molecule has 0 saturated carbocycles. The van der Waals surface area contributed by atoms with Crippen LogP contribution in [-0.2, 0) is 34.3 Å². The molecule has 2 N–H and O–H groups in total. The van der Waals surface area contributed by atoms with Gasteiger partial charge in [-0.15, -0.1) is 16.7 Å². The van der Waals surface area contributed by atoms with Crippen LogP contribution in [0.4, 0.5) is 0 Å². The number of ether oxygens (including phenoxy) is 1. The zero-order valence-electron chi connectivity index (χ0n) is 24.4. The van der Waals surface area contributed by atoms with Gasteiger partial charge in [-0.05, 0) is 49.1 Å². The van der Waals surface area contributed by atoms with Gasteiger partial charge in [0, 0.05) is 5.88 Å². The molecule has 38 heavy (non-hydrogen) atoms. The number of halogens is 1. The summed E-state index contributed by atoms with van der Waals surface area (Å²) in [7, 11) is -8.83. The van der Waals surface area contributed by atoms with E-state index in [-0.39, 0.29) is 22.4 Å². The van der Waals surface area contributed by atoms with Crippen molar-refractivity contribution in [3.8, 4) is 0 Å². The molecule has 0 radical (unpaired) electrons. The Morgan fingerprint density at radius 2 is 1.74 bits per heavy atom. The molecule has 14 heteroatoms. The first-order chi connectivity index (χ1) is 17.2. The lowest BCUT2D eigenvalue weighted by molar-refractivity contribution is -0.0605. The van der Waals surface area contributed by atoms with Crippen LogP contribution in [-0.4, -0.2) is 70.3 Å². The van der Waals surface area contributed by atoms with E-state index in [9.17, 15) is 8.42 Å². The number of hydrogen-bond acceptors (Lipinski definition) is 9. The third kappa shape index (κ3) is 5.95. The van der Waals surface area contributed by atoms with Crippen LogP contribution in [0.3, 0.4) is 0 Å². The normalized spacial score (nSPS) is 28.3. The Balaban J connectivity index is 2.16. The fourth-order valence-electron chi connectivity index (χ4n) is 4.09. The van der Waals surface area contributed by atoms with Crippen molar-refractivity contribution in [3.05, 3.63) is 23.0 Å². The third-order valence-electron chi connectivity index (χ3n) is 8.53. The number of aromatic nitrogens is 3. The van der Waals surface area contributed by atoms with Gasteiger partial charge < -0.3 is 19.3 Å². The highest BCUT2D eigenvalue weighted by molar-refractivity contribution is 7.90. The van der Waals surface area contributed by atoms with Crippen LogP contribution < -0.4 is 5.73 Å². The molecule has 0 aliphatic carbocycles. The van der Waals surface area contributed by atoms with Crippen LogP contribution in [0, 0.1) is 0 Å². The summed E-state index contributed by atoms with van der Waals surface area (Å²) in [5, 5.41) is 9.16. The van der Waals surface area contributed by atoms with Crippen LogP contribution in [0.25, 0.3) is 0 Å². The summed E-state index contributed by atoms with van der Waals surface area (Å²) in [6.07, 6.45) is 0.371. The summed E-state index contributed by atoms with van der Waals surface area (Å²) in [4.78, 5) is 0. The Morgan fingerprint density at radius 3 is 2.24 bits per heavy atom. The van der Waals surface area contributed by atoms with Crippen LogP contribution >= 0.6 is 11.6 Å². The molecule has 10 nitrogen and oxygen atoms in total. The zero-order valence-corrected chi connectivity index (χ0v) is 27.9. The van der Waals surface area contributed by atoms with E-state index in [1.807, 2.05) is 0 Å². The Morgan fingerprint density at radius 1 is 1.13 bits per heavy atom. The smallest absolute Gasteiger partial charge is 0.292 e. The Hall–Kier alpha value is -0.806. The van der Waals surface area contributed by atoms with Crippen molar-refractivity contribution in [2.24, 2.45) is 5.73 Å². The van der Waals surface area contributed by atoms with Gasteiger partial charge in [0.1, 0.15) is 12.2 Å². The average molecular weight is 609 g/mol. The number of alkyl halides is 1. The monoisotopic (exact) mass is 608 g/mol. The number of hydrogen-bond donors (Lipinski definition) is 1. The van der Waals surface area contributed by atoms with Crippen LogP contribution in [0.15, 0.2) is 17.3 Å². The largest absolute Gasteiger partial charge is 0.414 e. The molecule has 2 unspecified atom stereocenters. The quantitative estimate of drug-likeness (QED) is 0.242. The van der Waals surface area contributed by atoms with E-state index in [4.69, 9.17) is 35.1 Å². The van der Waals surface area contributed by atoms with Gasteiger partial charge in [0.05, 0.1) is 29.6 Å². The second kappa shape index (κ2) is 10.5. The molecule has 1 saturated heterocycles. The van der Waals surface area contributed by atoms with E-state index < -0.39 is 50.8 Å². The molecule has 2 aliphatic rings. The molecule has 3 rings (SSSR count). The molecule has 1 aromatic rings. The van der Waals surface area contributed by atoms with Gasteiger partial charge in [0.2, 0.25) is 0 Å². The van der Waals surface area contributed by atoms with Gasteiger partial charge in [-0.2, -0.15) is 8.42 Å². The molecule has 1 spiro atoms. The summed E-state index contributed by atoms with van der Waals surface area (Å²) in [6.45, 7) is 21.3. The maximum Gasteiger partial charge on any atom is 0.292 e. The van der Waals surface area contributed by atoms with Gasteiger partial charge in [-0.3, -0.25) is 0 Å². The SMILES string of the molecule is CC(C)(C)[Si](C)(C)OCC1O[C@@H](n2nncc2CCCCl)[C@H](O[Si](C)(C)C(C)(C)C)C12OS(=O)(=O)C=C2N. The van der Waals surface area contributed by atoms with Gasteiger partial charge in [-0.1, -0.05) is 46.8 Å². The van der Waals surface area contributed by atoms with Crippen molar-refractivity contribution >= 4 is 38.4 Å². The number of aryl methyl sites for hydroxylation is 1. The van der Waals surface area contributed by atoms with E-state index in [0.29, 0.717) is 18.7 Å². The highest BCUT2D eigenvalue weighted by Crippen LogP contribution is 2.52. The minimum atomic E-state index is -4.08. The lowest BCUT2D eigenvalue weighted by Crippen LogP contribution is -2.59. The summed E-state index contributed by atoms with van der Waals surface area (Å²) < 4.78 is 53.3. The van der Waals surface area contributed by atoms with Gasteiger partial charge in [-0.25, -0.2) is 8.86 Å². The zero-order chi connectivity index (χ0) is 28.9. The second-order valence-electron chi connectivity index (χ2n) is 13.3. The fraction of sp³-hybridized carbons (Fsp3) is 0.833. The van der Waals surface area contributed by atoms with Gasteiger partial charge in [0.15, 0.2) is 28.5 Å². The topological polar surface area (TPSA) is 128 Å². The first-order valence-electron chi connectivity index (χ1n) is 13.0. The molecule has 0 aromatic carbocycles. The molecular weight excluding hydrogens is 564 g/mol. The van der Waals surface area contributed by atoms with Crippen molar-refractivity contribution < 1.29 is 26.2 Å². The highest BCUT2D eigenvalue weighted by Gasteiger charge is 2.67. The molecule has 2 aliphatic heterocycles.